The van der Waals surface area contributed by atoms with Crippen LogP contribution in [0.25, 0.3) is 0 Å². The van der Waals surface area contributed by atoms with Crippen molar-refractivity contribution in [1.82, 2.24) is 0 Å². The van der Waals surface area contributed by atoms with Crippen LogP contribution in [-0.2, 0) is 32.4 Å². The van der Waals surface area contributed by atoms with E-state index < -0.39 is 31.2 Å². The first-order chi connectivity index (χ1) is 32.4. The van der Waals surface area contributed by atoms with Crippen molar-refractivity contribution >= 4 is 31.2 Å². The predicted molar refractivity (Wildman–Crippen MR) is 301 cm³/mol. The van der Waals surface area contributed by atoms with E-state index in [9.17, 15) is 11.5 Å². The molecule has 0 aromatic heterocycles. The third-order valence-electron chi connectivity index (χ3n) is 14.7. The van der Waals surface area contributed by atoms with Gasteiger partial charge in [0.1, 0.15) is 4.90 Å². The molecule has 2 N–H and O–H groups in total. The van der Waals surface area contributed by atoms with E-state index in [-0.39, 0.29) is 4.90 Å². The number of nitrogens with two attached hydrogens (primary N) is 1. The summed E-state index contributed by atoms with van der Waals surface area (Å²) in [6.45, 7) is 6.87. The zero-order valence-electron chi connectivity index (χ0n) is 44.7. The maximum absolute atomic E-state index is 13.4. The van der Waals surface area contributed by atoms with Crippen LogP contribution >= 0.6 is 21.2 Å². The van der Waals surface area contributed by atoms with Crippen LogP contribution in [0.3, 0.4) is 0 Å². The first-order valence-electron chi connectivity index (χ1n) is 29.9. The van der Waals surface area contributed by atoms with E-state index in [4.69, 9.17) is 5.14 Å². The maximum Gasteiger partial charge on any atom is 0.239 e. The number of hydrogen-bond donors (Lipinski definition) is 1. The lowest BCUT2D eigenvalue weighted by Crippen LogP contribution is -2.19. The molecule has 0 saturated carbocycles. The molecule has 0 radical (unpaired) electrons. The summed E-state index contributed by atoms with van der Waals surface area (Å²) in [5.74, 6) is 0. The van der Waals surface area contributed by atoms with Crippen LogP contribution in [-0.4, -0.2) is 8.42 Å². The Balaban J connectivity index is 2.64. The molecule has 1 rings (SSSR count). The van der Waals surface area contributed by atoms with Crippen LogP contribution < -0.4 is 5.14 Å². The lowest BCUT2D eigenvalue weighted by molar-refractivity contribution is 0.528. The first kappa shape index (κ1) is 63.7. The van der Waals surface area contributed by atoms with Crippen LogP contribution in [0.4, 0.5) is 0 Å². The van der Waals surface area contributed by atoms with E-state index in [1.165, 1.54) is 282 Å². The van der Waals surface area contributed by atoms with Crippen molar-refractivity contribution in [3.63, 3.8) is 0 Å². The number of hydrogen-bond acceptors (Lipinski definition) is 3. The summed E-state index contributed by atoms with van der Waals surface area (Å²) in [4.78, 5) is 0.256. The standard InChI is InChI=1S/C60H114INO3S/c1-4-7-10-13-16-19-22-25-28-31-34-37-40-43-46-49-52-56-55-57(53-50-47-44-41-38-35-32-29-26-23-20-17-14-11-8-5-2)59(61-63)60(66(62,64)65)58(56)54-51-48-45-42-39-36-33-30-27-24-21-18-15-12-9-6-3/h55H,4-54H2,1-3H3,(H2,62,64,65). The van der Waals surface area contributed by atoms with Gasteiger partial charge in [-0.05, 0) is 55.2 Å². The molecular formula is C60H114INO3S. The number of sulfonamides is 1. The third kappa shape index (κ3) is 37.5. The third-order valence-corrected chi connectivity index (χ3v) is 17.8. The second-order valence-corrected chi connectivity index (χ2v) is 24.1. The molecule has 0 saturated heterocycles. The Morgan fingerprint density at radius 3 is 0.773 bits per heavy atom. The fourth-order valence-electron chi connectivity index (χ4n) is 10.4. The van der Waals surface area contributed by atoms with Crippen molar-refractivity contribution < 1.29 is 11.5 Å². The molecule has 1 aromatic carbocycles. The van der Waals surface area contributed by atoms with Crippen LogP contribution in [0, 0.1) is 3.57 Å². The summed E-state index contributed by atoms with van der Waals surface area (Å²) in [6, 6.07) is 2.29. The molecule has 0 bridgehead atoms. The summed E-state index contributed by atoms with van der Waals surface area (Å²) in [5, 5.41) is 6.06. The number of halogens is 1. The van der Waals surface area contributed by atoms with Gasteiger partial charge in [-0.2, -0.15) is 0 Å². The Morgan fingerprint density at radius 1 is 0.333 bits per heavy atom. The van der Waals surface area contributed by atoms with Gasteiger partial charge < -0.3 is 0 Å². The van der Waals surface area contributed by atoms with Gasteiger partial charge in [0, 0.05) is 0 Å². The molecule has 4 nitrogen and oxygen atoms in total. The van der Waals surface area contributed by atoms with Gasteiger partial charge >= 0.3 is 0 Å². The zero-order chi connectivity index (χ0) is 47.9. The highest BCUT2D eigenvalue weighted by Crippen LogP contribution is 2.34. The molecular weight excluding hydrogens is 942 g/mol. The van der Waals surface area contributed by atoms with Crippen molar-refractivity contribution in [3.8, 4) is 0 Å². The van der Waals surface area contributed by atoms with Crippen molar-refractivity contribution in [2.75, 3.05) is 0 Å². The minimum absolute atomic E-state index is 0.256. The fraction of sp³-hybridized carbons (Fsp3) is 0.900. The van der Waals surface area contributed by atoms with Crippen LogP contribution in [0.2, 0.25) is 0 Å². The van der Waals surface area contributed by atoms with Crippen LogP contribution in [0.15, 0.2) is 11.0 Å². The van der Waals surface area contributed by atoms with Crippen LogP contribution in [0.5, 0.6) is 0 Å². The van der Waals surface area contributed by atoms with Gasteiger partial charge in [-0.3, -0.25) is 3.07 Å². The highest BCUT2D eigenvalue weighted by molar-refractivity contribution is 14.1. The lowest BCUT2D eigenvalue weighted by Gasteiger charge is -2.19. The normalized spacial score (nSPS) is 11.9. The van der Waals surface area contributed by atoms with Crippen molar-refractivity contribution in [3.05, 3.63) is 26.3 Å². The molecule has 1 aromatic rings. The molecule has 0 heterocycles. The van der Waals surface area contributed by atoms with Gasteiger partial charge in [-0.25, -0.2) is 13.6 Å². The Labute approximate surface area is 424 Å². The summed E-state index contributed by atoms with van der Waals surface area (Å²) in [7, 11) is -3.99. The largest absolute Gasteiger partial charge is 0.265 e. The van der Waals surface area contributed by atoms with E-state index in [2.05, 4.69) is 26.8 Å². The van der Waals surface area contributed by atoms with Gasteiger partial charge in [0.05, 0.1) is 3.57 Å². The smallest absolute Gasteiger partial charge is 0.239 e. The zero-order valence-corrected chi connectivity index (χ0v) is 47.7. The number of aryl methyl sites for hydroxylation is 2. The van der Waals surface area contributed by atoms with Gasteiger partial charge in [0.25, 0.3) is 0 Å². The second-order valence-electron chi connectivity index (χ2n) is 21.1. The monoisotopic (exact) mass is 1060 g/mol. The molecule has 0 aliphatic carbocycles. The molecule has 66 heavy (non-hydrogen) atoms. The van der Waals surface area contributed by atoms with E-state index in [0.29, 0.717) is 3.57 Å². The molecule has 0 fully saturated rings. The second kappa shape index (κ2) is 48.3. The van der Waals surface area contributed by atoms with Crippen molar-refractivity contribution in [2.45, 2.75) is 353 Å². The molecule has 390 valence electrons. The summed E-state index contributed by atoms with van der Waals surface area (Å²) < 4.78 is 40.4. The summed E-state index contributed by atoms with van der Waals surface area (Å²) in [6.07, 6.45) is 66.5. The van der Waals surface area contributed by atoms with E-state index in [1.807, 2.05) is 0 Å². The van der Waals surface area contributed by atoms with Gasteiger partial charge in [-0.15, -0.1) is 0 Å². The number of primary sulfonamides is 1. The average Bonchev–Trinajstić information content (AvgIpc) is 3.30. The van der Waals surface area contributed by atoms with Gasteiger partial charge in [0.15, 0.2) is 21.2 Å². The minimum Gasteiger partial charge on any atom is -0.265 e. The summed E-state index contributed by atoms with van der Waals surface area (Å²) >= 11 is -1.66. The average molecular weight is 1060 g/mol. The van der Waals surface area contributed by atoms with E-state index in [0.717, 1.165) is 62.5 Å². The number of rotatable bonds is 53. The molecule has 6 heteroatoms. The predicted octanol–water partition coefficient (Wildman–Crippen LogP) is 21.2. The SMILES string of the molecule is CCCCCCCCCCCCCCCCCCc1cc(CCCCCCCCCCCCCCCCCC)c(I=O)c(S(N)(=O)=O)c1CCCCCCCCCCCCCCCCCC. The highest BCUT2D eigenvalue weighted by Gasteiger charge is 2.25. The number of benzene rings is 1. The van der Waals surface area contributed by atoms with Crippen molar-refractivity contribution in [1.29, 1.82) is 0 Å². The van der Waals surface area contributed by atoms with Crippen molar-refractivity contribution in [2.24, 2.45) is 5.14 Å². The van der Waals surface area contributed by atoms with Gasteiger partial charge in [0.2, 0.25) is 10.0 Å². The summed E-state index contributed by atoms with van der Waals surface area (Å²) in [5.41, 5.74) is 3.09. The van der Waals surface area contributed by atoms with Crippen LogP contribution in [0.1, 0.15) is 346 Å². The number of unbranched alkanes of at least 4 members (excludes halogenated alkanes) is 45. The maximum atomic E-state index is 13.4. The Kier molecular flexibility index (Phi) is 46.6. The molecule has 0 amide bonds. The topological polar surface area (TPSA) is 77.2 Å². The Bertz CT molecular complexity index is 1320. The fourth-order valence-corrected chi connectivity index (χ4v) is 13.7. The highest BCUT2D eigenvalue weighted by atomic mass is 127. The molecule has 0 aliphatic rings. The lowest BCUT2D eigenvalue weighted by atomic mass is 9.92. The molecule has 0 unspecified atom stereocenters. The van der Waals surface area contributed by atoms with E-state index in [1.54, 1.807) is 0 Å². The van der Waals surface area contributed by atoms with Gasteiger partial charge in [-0.1, -0.05) is 316 Å². The minimum atomic E-state index is -3.99. The molecule has 0 atom stereocenters. The Morgan fingerprint density at radius 2 is 0.545 bits per heavy atom. The quantitative estimate of drug-likeness (QED) is 0.0522. The van der Waals surface area contributed by atoms with E-state index >= 15 is 0 Å². The Hall–Kier alpha value is -0.340. The molecule has 0 spiro atoms. The molecule has 0 aliphatic heterocycles. The first-order valence-corrected chi connectivity index (χ1v) is 33.4.